The van der Waals surface area contributed by atoms with Gasteiger partial charge in [0.15, 0.2) is 0 Å². The minimum Gasteiger partial charge on any atom is -0.870 e. The largest absolute Gasteiger partial charge is 0.870 e. The average Bonchev–Trinajstić information content (AvgIpc) is 2.20. The molecule has 1 aromatic carbocycles. The summed E-state index contributed by atoms with van der Waals surface area (Å²) in [5.74, 6) is 0. The summed E-state index contributed by atoms with van der Waals surface area (Å²) in [4.78, 5) is 2.43. The average molecular weight is 205 g/mol. The molecule has 1 saturated heterocycles. The number of benzene rings is 1. The minimum atomic E-state index is 0. The molecule has 0 aromatic heterocycles. The molecule has 2 N–H and O–H groups in total. The third-order valence-corrected chi connectivity index (χ3v) is 2.61. The molecular weight excluding hydrogens is 189 g/mol. The molecule has 4 heteroatoms. The van der Waals surface area contributed by atoms with Crippen molar-refractivity contribution in [3.05, 3.63) is 24.3 Å². The van der Waals surface area contributed by atoms with E-state index in [1.54, 1.807) is 0 Å². The van der Waals surface area contributed by atoms with Crippen LogP contribution < -0.4 is 10.4 Å². The van der Waals surface area contributed by atoms with Crippen LogP contribution in [0.1, 0.15) is 19.3 Å². The standard InChI is InChI=1S/C11H14BN.2H2O/c12-10-4-6-11(7-5-10)13-8-2-1-3-9-13;;/h4-7H,1-3,8-9H2;2*1H2/q+2;;/p-2. The fourth-order valence-electron chi connectivity index (χ4n) is 1.84. The van der Waals surface area contributed by atoms with E-state index in [-0.39, 0.29) is 11.0 Å². The summed E-state index contributed by atoms with van der Waals surface area (Å²) in [5, 5.41) is 0. The van der Waals surface area contributed by atoms with E-state index < -0.39 is 0 Å². The number of nitrogens with zero attached hydrogens (tertiary/aromatic N) is 1. The van der Waals surface area contributed by atoms with Gasteiger partial charge in [0.1, 0.15) is 0 Å². The summed E-state index contributed by atoms with van der Waals surface area (Å²) in [7, 11) is 5.64. The molecular formula is C11H16BNO2. The van der Waals surface area contributed by atoms with E-state index in [2.05, 4.69) is 17.0 Å². The van der Waals surface area contributed by atoms with Crippen LogP contribution in [0.4, 0.5) is 5.69 Å². The molecule has 0 atom stereocenters. The topological polar surface area (TPSA) is 63.2 Å². The molecule has 1 fully saturated rings. The van der Waals surface area contributed by atoms with Crippen molar-refractivity contribution < 1.29 is 11.0 Å². The van der Waals surface area contributed by atoms with E-state index in [1.165, 1.54) is 38.0 Å². The van der Waals surface area contributed by atoms with Crippen molar-refractivity contribution in [1.29, 1.82) is 0 Å². The molecule has 0 amide bonds. The van der Waals surface area contributed by atoms with Gasteiger partial charge in [-0.3, -0.25) is 0 Å². The molecule has 0 aliphatic carbocycles. The molecule has 1 heterocycles. The van der Waals surface area contributed by atoms with Gasteiger partial charge in [-0.1, -0.05) is 0 Å². The van der Waals surface area contributed by atoms with Crippen molar-refractivity contribution in [2.45, 2.75) is 19.3 Å². The molecule has 15 heavy (non-hydrogen) atoms. The number of piperidine rings is 1. The SMILES string of the molecule is [B+2]c1ccc(N2CCCCC2)cc1.[OH-].[OH-]. The maximum Gasteiger partial charge on any atom is -0.870 e. The number of hydrogen-bond acceptors (Lipinski definition) is 3. The van der Waals surface area contributed by atoms with Gasteiger partial charge in [0.25, 0.3) is 0 Å². The fourth-order valence-corrected chi connectivity index (χ4v) is 1.84. The van der Waals surface area contributed by atoms with Gasteiger partial charge in [0.2, 0.25) is 0 Å². The van der Waals surface area contributed by atoms with Crippen LogP contribution in [0, 0.1) is 0 Å². The van der Waals surface area contributed by atoms with Crippen molar-refractivity contribution in [1.82, 2.24) is 0 Å². The van der Waals surface area contributed by atoms with Gasteiger partial charge in [-0.15, -0.1) is 0 Å². The number of hydrogen-bond donors (Lipinski definition) is 0. The summed E-state index contributed by atoms with van der Waals surface area (Å²) in [6.07, 6.45) is 4.03. The van der Waals surface area contributed by atoms with E-state index in [1.807, 2.05) is 12.1 Å². The van der Waals surface area contributed by atoms with Gasteiger partial charge in [0.05, 0.1) is 0 Å². The normalized spacial score (nSPS) is 15.2. The van der Waals surface area contributed by atoms with Gasteiger partial charge in [-0.25, -0.2) is 0 Å². The Bertz CT molecular complexity index is 270. The molecule has 3 nitrogen and oxygen atoms in total. The van der Waals surface area contributed by atoms with Crippen LogP contribution >= 0.6 is 0 Å². The molecule has 80 valence electrons. The van der Waals surface area contributed by atoms with Crippen molar-refractivity contribution >= 4 is 19.0 Å². The van der Waals surface area contributed by atoms with Crippen molar-refractivity contribution in [3.8, 4) is 0 Å². The molecule has 0 unspecified atom stereocenters. The molecule has 2 rings (SSSR count). The first-order valence-corrected chi connectivity index (χ1v) is 4.97. The van der Waals surface area contributed by atoms with E-state index in [9.17, 15) is 0 Å². The van der Waals surface area contributed by atoms with Crippen LogP contribution in [0.3, 0.4) is 0 Å². The zero-order valence-electron chi connectivity index (χ0n) is 8.76. The van der Waals surface area contributed by atoms with E-state index in [4.69, 9.17) is 7.85 Å². The summed E-state index contributed by atoms with van der Waals surface area (Å²) in [6.45, 7) is 2.40. The first-order valence-electron chi connectivity index (χ1n) is 4.97. The smallest absolute Gasteiger partial charge is 0.870 e. The summed E-state index contributed by atoms with van der Waals surface area (Å²) >= 11 is 0. The molecule has 0 bridgehead atoms. The second-order valence-electron chi connectivity index (χ2n) is 3.64. The zero-order chi connectivity index (χ0) is 9.10. The monoisotopic (exact) mass is 205 g/mol. The second-order valence-corrected chi connectivity index (χ2v) is 3.64. The Morgan fingerprint density at radius 1 is 0.867 bits per heavy atom. The van der Waals surface area contributed by atoms with Crippen LogP contribution in [0.5, 0.6) is 0 Å². The third kappa shape index (κ3) is 3.57. The van der Waals surface area contributed by atoms with Crippen molar-refractivity contribution in [2.75, 3.05) is 18.0 Å². The van der Waals surface area contributed by atoms with E-state index >= 15 is 0 Å². The van der Waals surface area contributed by atoms with Gasteiger partial charge in [0, 0.05) is 0 Å². The Morgan fingerprint density at radius 3 is 1.93 bits per heavy atom. The quantitative estimate of drug-likeness (QED) is 0.645. The molecule has 1 aliphatic heterocycles. The number of anilines is 1. The van der Waals surface area contributed by atoms with Crippen LogP contribution in [-0.4, -0.2) is 31.9 Å². The molecule has 0 saturated carbocycles. The third-order valence-electron chi connectivity index (χ3n) is 2.61. The minimum absolute atomic E-state index is 0. The Balaban J connectivity index is 0.000000980. The zero-order valence-corrected chi connectivity index (χ0v) is 8.76. The predicted octanol–water partition coefficient (Wildman–Crippen LogP) is 1.12. The Labute approximate surface area is 92.1 Å². The Hall–Kier alpha value is -0.995. The van der Waals surface area contributed by atoms with Gasteiger partial charge in [-0.05, 0) is 0 Å². The molecule has 1 aromatic rings. The van der Waals surface area contributed by atoms with Crippen LogP contribution in [-0.2, 0) is 0 Å². The molecule has 1 aliphatic rings. The summed E-state index contributed by atoms with van der Waals surface area (Å²) in [6, 6.07) is 8.18. The summed E-state index contributed by atoms with van der Waals surface area (Å²) < 4.78 is 0. The van der Waals surface area contributed by atoms with Gasteiger partial charge >= 0.3 is 80.5 Å². The first-order chi connectivity index (χ1) is 6.36. The predicted molar refractivity (Wildman–Crippen MR) is 61.8 cm³/mol. The van der Waals surface area contributed by atoms with Crippen LogP contribution in [0.15, 0.2) is 24.3 Å². The van der Waals surface area contributed by atoms with Crippen molar-refractivity contribution in [3.63, 3.8) is 0 Å². The van der Waals surface area contributed by atoms with E-state index in [0.29, 0.717) is 0 Å². The van der Waals surface area contributed by atoms with Crippen LogP contribution in [0.2, 0.25) is 0 Å². The van der Waals surface area contributed by atoms with Crippen molar-refractivity contribution in [2.24, 2.45) is 0 Å². The van der Waals surface area contributed by atoms with Crippen LogP contribution in [0.25, 0.3) is 0 Å². The first kappa shape index (κ1) is 14.0. The molecule has 0 radical (unpaired) electrons. The fraction of sp³-hybridized carbons (Fsp3) is 0.455. The maximum atomic E-state index is 5.64. The van der Waals surface area contributed by atoms with E-state index in [0.717, 1.165) is 5.46 Å². The van der Waals surface area contributed by atoms with Gasteiger partial charge < -0.3 is 11.0 Å². The molecule has 0 spiro atoms. The van der Waals surface area contributed by atoms with Gasteiger partial charge in [-0.2, -0.15) is 0 Å². The Morgan fingerprint density at radius 2 is 1.40 bits per heavy atom. The number of rotatable bonds is 1. The summed E-state index contributed by atoms with van der Waals surface area (Å²) in [5.41, 5.74) is 2.16. The second kappa shape index (κ2) is 6.48. The Kier molecular flexibility index (Phi) is 6.05. The maximum absolute atomic E-state index is 5.64.